The van der Waals surface area contributed by atoms with Gasteiger partial charge in [0.15, 0.2) is 0 Å². The standard InChI is InChI=1S/C18H31NO2/c1-5-11-19-17(10-6-8-16-9-7-12-20-16)18-13(2)14(3)21-15(18)4/h16-17,19H,5-12H2,1-4H3. The molecule has 2 rings (SSSR count). The monoisotopic (exact) mass is 293 g/mol. The number of rotatable bonds is 8. The summed E-state index contributed by atoms with van der Waals surface area (Å²) >= 11 is 0. The number of ether oxygens (including phenoxy) is 1. The van der Waals surface area contributed by atoms with Crippen molar-refractivity contribution in [2.75, 3.05) is 13.2 Å². The highest BCUT2D eigenvalue weighted by Gasteiger charge is 2.21. The largest absolute Gasteiger partial charge is 0.466 e. The summed E-state index contributed by atoms with van der Waals surface area (Å²) in [6.45, 7) is 10.6. The lowest BCUT2D eigenvalue weighted by atomic mass is 9.96. The second kappa shape index (κ2) is 8.00. The first-order valence-electron chi connectivity index (χ1n) is 8.55. The molecule has 120 valence electrons. The van der Waals surface area contributed by atoms with Crippen molar-refractivity contribution in [2.24, 2.45) is 0 Å². The average molecular weight is 293 g/mol. The van der Waals surface area contributed by atoms with Gasteiger partial charge < -0.3 is 14.5 Å². The topological polar surface area (TPSA) is 34.4 Å². The van der Waals surface area contributed by atoms with E-state index in [1.165, 1.54) is 43.2 Å². The molecular weight excluding hydrogens is 262 g/mol. The SMILES string of the molecule is CCCNC(CCCC1CCCO1)c1c(C)oc(C)c1C. The molecule has 0 bridgehead atoms. The normalized spacial score (nSPS) is 20.1. The fourth-order valence-corrected chi connectivity index (χ4v) is 3.41. The predicted octanol–water partition coefficient (Wildman–Crippen LogP) is 4.59. The first-order valence-corrected chi connectivity index (χ1v) is 8.55. The van der Waals surface area contributed by atoms with Gasteiger partial charge in [0.05, 0.1) is 6.10 Å². The van der Waals surface area contributed by atoms with Crippen LogP contribution in [0.25, 0.3) is 0 Å². The summed E-state index contributed by atoms with van der Waals surface area (Å²) in [7, 11) is 0. The van der Waals surface area contributed by atoms with Crippen LogP contribution >= 0.6 is 0 Å². The minimum absolute atomic E-state index is 0.420. The second-order valence-corrected chi connectivity index (χ2v) is 6.33. The Morgan fingerprint density at radius 1 is 1.24 bits per heavy atom. The Bertz CT molecular complexity index is 433. The molecule has 2 heterocycles. The summed E-state index contributed by atoms with van der Waals surface area (Å²) in [4.78, 5) is 0. The van der Waals surface area contributed by atoms with Crippen molar-refractivity contribution >= 4 is 0 Å². The molecule has 1 aliphatic rings. The van der Waals surface area contributed by atoms with E-state index in [0.717, 1.165) is 31.1 Å². The number of hydrogen-bond acceptors (Lipinski definition) is 3. The van der Waals surface area contributed by atoms with E-state index in [9.17, 15) is 0 Å². The fourth-order valence-electron chi connectivity index (χ4n) is 3.41. The third-order valence-electron chi connectivity index (χ3n) is 4.65. The van der Waals surface area contributed by atoms with Gasteiger partial charge >= 0.3 is 0 Å². The maximum atomic E-state index is 5.82. The van der Waals surface area contributed by atoms with Gasteiger partial charge in [-0.3, -0.25) is 0 Å². The summed E-state index contributed by atoms with van der Waals surface area (Å²) in [6.07, 6.45) is 7.73. The highest BCUT2D eigenvalue weighted by Crippen LogP contribution is 2.31. The van der Waals surface area contributed by atoms with Crippen molar-refractivity contribution in [3.05, 3.63) is 22.6 Å². The molecule has 0 aromatic carbocycles. The highest BCUT2D eigenvalue weighted by molar-refractivity contribution is 5.34. The molecule has 0 saturated carbocycles. The predicted molar refractivity (Wildman–Crippen MR) is 86.8 cm³/mol. The Balaban J connectivity index is 1.96. The van der Waals surface area contributed by atoms with E-state index >= 15 is 0 Å². The van der Waals surface area contributed by atoms with Crippen molar-refractivity contribution < 1.29 is 9.15 Å². The van der Waals surface area contributed by atoms with Crippen LogP contribution < -0.4 is 5.32 Å². The van der Waals surface area contributed by atoms with E-state index < -0.39 is 0 Å². The van der Waals surface area contributed by atoms with Gasteiger partial charge in [0, 0.05) is 18.2 Å². The Morgan fingerprint density at radius 2 is 2.05 bits per heavy atom. The molecule has 3 heteroatoms. The molecule has 1 aliphatic heterocycles. The highest BCUT2D eigenvalue weighted by atomic mass is 16.5. The zero-order valence-corrected chi connectivity index (χ0v) is 14.1. The summed E-state index contributed by atoms with van der Waals surface area (Å²) in [5, 5.41) is 3.71. The molecular formula is C18H31NO2. The van der Waals surface area contributed by atoms with Crippen LogP contribution in [0.1, 0.15) is 74.1 Å². The van der Waals surface area contributed by atoms with E-state index in [4.69, 9.17) is 9.15 Å². The molecule has 0 aliphatic carbocycles. The van der Waals surface area contributed by atoms with E-state index in [-0.39, 0.29) is 0 Å². The van der Waals surface area contributed by atoms with Gasteiger partial charge in [-0.2, -0.15) is 0 Å². The molecule has 1 aromatic rings. The van der Waals surface area contributed by atoms with Gasteiger partial charge in [0.2, 0.25) is 0 Å². The van der Waals surface area contributed by atoms with Gasteiger partial charge in [-0.25, -0.2) is 0 Å². The molecule has 1 aromatic heterocycles. The first kappa shape index (κ1) is 16.6. The lowest BCUT2D eigenvalue weighted by Crippen LogP contribution is -2.23. The van der Waals surface area contributed by atoms with Gasteiger partial charge in [0.1, 0.15) is 11.5 Å². The molecule has 2 unspecified atom stereocenters. The molecule has 0 radical (unpaired) electrons. The second-order valence-electron chi connectivity index (χ2n) is 6.33. The minimum atomic E-state index is 0.420. The number of furan rings is 1. The van der Waals surface area contributed by atoms with E-state index in [1.54, 1.807) is 0 Å². The lowest BCUT2D eigenvalue weighted by Gasteiger charge is -2.20. The number of nitrogens with one attached hydrogen (secondary N) is 1. The maximum absolute atomic E-state index is 5.82. The Labute approximate surface area is 129 Å². The van der Waals surface area contributed by atoms with Crippen LogP contribution in [0.5, 0.6) is 0 Å². The maximum Gasteiger partial charge on any atom is 0.106 e. The number of hydrogen-bond donors (Lipinski definition) is 1. The van der Waals surface area contributed by atoms with Crippen LogP contribution in [0.2, 0.25) is 0 Å². The van der Waals surface area contributed by atoms with Gasteiger partial charge in [-0.1, -0.05) is 6.92 Å². The van der Waals surface area contributed by atoms with Crippen LogP contribution in [-0.4, -0.2) is 19.3 Å². The molecule has 0 spiro atoms. The Kier molecular flexibility index (Phi) is 6.31. The molecule has 2 atom stereocenters. The zero-order chi connectivity index (χ0) is 15.2. The summed E-state index contributed by atoms with van der Waals surface area (Å²) in [5.41, 5.74) is 2.70. The minimum Gasteiger partial charge on any atom is -0.466 e. The Morgan fingerprint density at radius 3 is 2.62 bits per heavy atom. The fraction of sp³-hybridized carbons (Fsp3) is 0.778. The van der Waals surface area contributed by atoms with Crippen molar-refractivity contribution in [3.8, 4) is 0 Å². The van der Waals surface area contributed by atoms with Crippen molar-refractivity contribution in [3.63, 3.8) is 0 Å². The summed E-state index contributed by atoms with van der Waals surface area (Å²) < 4.78 is 11.6. The third kappa shape index (κ3) is 4.33. The molecule has 21 heavy (non-hydrogen) atoms. The van der Waals surface area contributed by atoms with E-state index in [1.807, 2.05) is 0 Å². The third-order valence-corrected chi connectivity index (χ3v) is 4.65. The van der Waals surface area contributed by atoms with Crippen molar-refractivity contribution in [1.29, 1.82) is 0 Å². The average Bonchev–Trinajstić information content (AvgIpc) is 3.04. The summed E-state index contributed by atoms with van der Waals surface area (Å²) in [5.74, 6) is 2.14. The van der Waals surface area contributed by atoms with Gasteiger partial charge in [-0.05, 0) is 71.4 Å². The van der Waals surface area contributed by atoms with Crippen LogP contribution in [0.4, 0.5) is 0 Å². The van der Waals surface area contributed by atoms with Gasteiger partial charge in [0.25, 0.3) is 0 Å². The first-order chi connectivity index (χ1) is 10.1. The summed E-state index contributed by atoms with van der Waals surface area (Å²) in [6, 6.07) is 0.420. The van der Waals surface area contributed by atoms with Crippen LogP contribution in [-0.2, 0) is 4.74 Å². The quantitative estimate of drug-likeness (QED) is 0.761. The van der Waals surface area contributed by atoms with Crippen molar-refractivity contribution in [2.45, 2.75) is 78.4 Å². The van der Waals surface area contributed by atoms with Gasteiger partial charge in [-0.15, -0.1) is 0 Å². The molecule has 1 N–H and O–H groups in total. The van der Waals surface area contributed by atoms with E-state index in [2.05, 4.69) is 33.0 Å². The van der Waals surface area contributed by atoms with Crippen LogP contribution in [0, 0.1) is 20.8 Å². The smallest absolute Gasteiger partial charge is 0.106 e. The van der Waals surface area contributed by atoms with E-state index in [0.29, 0.717) is 12.1 Å². The molecule has 3 nitrogen and oxygen atoms in total. The zero-order valence-electron chi connectivity index (χ0n) is 14.1. The molecule has 1 fully saturated rings. The Hall–Kier alpha value is -0.800. The van der Waals surface area contributed by atoms with Crippen molar-refractivity contribution in [1.82, 2.24) is 5.32 Å². The lowest BCUT2D eigenvalue weighted by molar-refractivity contribution is 0.101. The number of aryl methyl sites for hydroxylation is 2. The van der Waals surface area contributed by atoms with Crippen LogP contribution in [0.3, 0.4) is 0 Å². The molecule has 1 saturated heterocycles. The van der Waals surface area contributed by atoms with Crippen LogP contribution in [0.15, 0.2) is 4.42 Å². The molecule has 0 amide bonds.